The molecule has 1 atom stereocenters. The highest BCUT2D eigenvalue weighted by atomic mass is 35.5. The van der Waals surface area contributed by atoms with Crippen LogP contribution in [0.3, 0.4) is 0 Å². The van der Waals surface area contributed by atoms with Crippen molar-refractivity contribution in [3.8, 4) is 11.8 Å². The van der Waals surface area contributed by atoms with Gasteiger partial charge in [0.15, 0.2) is 0 Å². The van der Waals surface area contributed by atoms with E-state index in [9.17, 15) is 29.2 Å². The summed E-state index contributed by atoms with van der Waals surface area (Å²) in [5.41, 5.74) is 2.57. The van der Waals surface area contributed by atoms with E-state index in [-0.39, 0.29) is 52.9 Å². The number of hydrogen-bond acceptors (Lipinski definition) is 10. The quantitative estimate of drug-likeness (QED) is 0.226. The van der Waals surface area contributed by atoms with Gasteiger partial charge in [0, 0.05) is 92.1 Å². The molecule has 58 heavy (non-hydrogen) atoms. The lowest BCUT2D eigenvalue weighted by Gasteiger charge is -2.63. The van der Waals surface area contributed by atoms with Gasteiger partial charge in [0.25, 0.3) is 17.7 Å². The van der Waals surface area contributed by atoms with Crippen molar-refractivity contribution < 1.29 is 28.7 Å². The zero-order valence-electron chi connectivity index (χ0n) is 32.8. The van der Waals surface area contributed by atoms with Gasteiger partial charge in [-0.15, -0.1) is 11.6 Å². The minimum Gasteiger partial charge on any atom is -0.489 e. The number of fused-ring (bicyclic) bond motifs is 1. The first-order valence-corrected chi connectivity index (χ1v) is 20.3. The fraction of sp³-hybridized carbons (Fsp3) is 0.442. The van der Waals surface area contributed by atoms with Crippen LogP contribution in [0, 0.1) is 22.2 Å². The molecule has 5 amide bonds. The summed E-state index contributed by atoms with van der Waals surface area (Å²) in [5.74, 6) is -1.65. The number of ether oxygens (including phenoxy) is 1. The second kappa shape index (κ2) is 14.6. The van der Waals surface area contributed by atoms with Crippen molar-refractivity contribution >= 4 is 64.1 Å². The molecule has 0 aromatic heterocycles. The summed E-state index contributed by atoms with van der Waals surface area (Å²) in [6.07, 6.45) is -0.0136. The Morgan fingerprint density at radius 1 is 0.879 bits per heavy atom. The molecule has 8 rings (SSSR count). The van der Waals surface area contributed by atoms with Crippen molar-refractivity contribution in [2.24, 2.45) is 10.8 Å². The highest BCUT2D eigenvalue weighted by Gasteiger charge is 2.64. The van der Waals surface area contributed by atoms with E-state index in [2.05, 4.69) is 59.1 Å². The first-order chi connectivity index (χ1) is 27.5. The van der Waals surface area contributed by atoms with Crippen LogP contribution in [0.2, 0.25) is 5.02 Å². The van der Waals surface area contributed by atoms with Crippen LogP contribution in [0.4, 0.5) is 11.4 Å². The number of alkyl halides is 1. The number of halogens is 2. The number of piperidine rings is 1. The second-order valence-corrected chi connectivity index (χ2v) is 18.5. The number of benzene rings is 3. The number of nitriles is 1. The Morgan fingerprint density at radius 3 is 2.17 bits per heavy atom. The molecule has 0 bridgehead atoms. The molecule has 4 fully saturated rings. The van der Waals surface area contributed by atoms with Gasteiger partial charge in [-0.25, -0.2) is 0 Å². The molecule has 0 radical (unpaired) electrons. The van der Waals surface area contributed by atoms with Gasteiger partial charge >= 0.3 is 0 Å². The molecule has 3 aromatic carbocycles. The number of anilines is 2. The molecule has 13 nitrogen and oxygen atoms in total. The Kier molecular flexibility index (Phi) is 9.97. The normalized spacial score (nSPS) is 24.6. The number of piperazine rings is 1. The van der Waals surface area contributed by atoms with E-state index in [1.165, 1.54) is 0 Å². The first kappa shape index (κ1) is 39.7. The van der Waals surface area contributed by atoms with E-state index < -0.39 is 34.5 Å². The lowest BCUT2D eigenvalue weighted by Crippen LogP contribution is -2.74. The van der Waals surface area contributed by atoms with Crippen molar-refractivity contribution in [1.29, 1.82) is 5.26 Å². The van der Waals surface area contributed by atoms with Gasteiger partial charge in [-0.05, 0) is 61.0 Å². The van der Waals surface area contributed by atoms with Crippen molar-refractivity contribution in [2.75, 3.05) is 55.6 Å². The Morgan fingerprint density at radius 2 is 1.53 bits per heavy atom. The van der Waals surface area contributed by atoms with Gasteiger partial charge < -0.3 is 19.9 Å². The fourth-order valence-electron chi connectivity index (χ4n) is 9.77. The molecule has 1 saturated carbocycles. The molecule has 4 heterocycles. The van der Waals surface area contributed by atoms with Crippen LogP contribution in [0.5, 0.6) is 5.75 Å². The summed E-state index contributed by atoms with van der Waals surface area (Å²) >= 11 is 13.3. The van der Waals surface area contributed by atoms with Gasteiger partial charge in [-0.3, -0.25) is 39.1 Å². The Balaban J connectivity index is 0.809. The average Bonchev–Trinajstić information content (AvgIpc) is 3.43. The number of nitrogens with one attached hydrogen (secondary N) is 2. The van der Waals surface area contributed by atoms with E-state index in [0.29, 0.717) is 41.5 Å². The van der Waals surface area contributed by atoms with E-state index in [0.717, 1.165) is 42.5 Å². The monoisotopic (exact) mass is 825 g/mol. The van der Waals surface area contributed by atoms with Crippen molar-refractivity contribution in [3.63, 3.8) is 0 Å². The number of amides is 5. The van der Waals surface area contributed by atoms with Crippen molar-refractivity contribution in [2.45, 2.75) is 63.6 Å². The third kappa shape index (κ3) is 6.95. The van der Waals surface area contributed by atoms with Crippen LogP contribution in [-0.2, 0) is 9.59 Å². The maximum absolute atomic E-state index is 13.5. The number of imide groups is 2. The number of hydrogen-bond donors (Lipinski definition) is 2. The molecule has 4 aliphatic heterocycles. The van der Waals surface area contributed by atoms with Gasteiger partial charge in [-0.1, -0.05) is 39.3 Å². The molecule has 1 aliphatic carbocycles. The second-order valence-electron chi connectivity index (χ2n) is 17.3. The van der Waals surface area contributed by atoms with E-state index >= 15 is 0 Å². The Labute approximate surface area is 347 Å². The number of nitrogens with zero attached hydrogens (tertiary/aromatic N) is 5. The predicted molar refractivity (Wildman–Crippen MR) is 218 cm³/mol. The Bertz CT molecular complexity index is 2240. The number of rotatable bonds is 9. The average molecular weight is 827 g/mol. The predicted octanol–water partition coefficient (Wildman–Crippen LogP) is 4.84. The maximum atomic E-state index is 13.5. The van der Waals surface area contributed by atoms with Crippen LogP contribution < -0.4 is 25.2 Å². The molecular weight excluding hydrogens is 781 g/mol. The lowest BCUT2D eigenvalue weighted by atomic mass is 9.49. The Hall–Kier alpha value is -5.16. The van der Waals surface area contributed by atoms with Crippen LogP contribution in [-0.4, -0.2) is 108 Å². The molecule has 2 N–H and O–H groups in total. The van der Waals surface area contributed by atoms with E-state index in [1.54, 1.807) is 36.4 Å². The highest BCUT2D eigenvalue weighted by Crippen LogP contribution is 2.55. The molecular formula is C43H45Cl2N7O6. The lowest BCUT2D eigenvalue weighted by molar-refractivity contribution is -0.164. The van der Waals surface area contributed by atoms with Gasteiger partial charge in [0.1, 0.15) is 24.0 Å². The van der Waals surface area contributed by atoms with Gasteiger partial charge in [0.05, 0.1) is 26.6 Å². The molecule has 15 heteroatoms. The third-order valence-corrected chi connectivity index (χ3v) is 13.2. The van der Waals surface area contributed by atoms with Gasteiger partial charge in [0.2, 0.25) is 11.8 Å². The summed E-state index contributed by atoms with van der Waals surface area (Å²) in [7, 11) is 0. The molecule has 3 saturated heterocycles. The maximum Gasteiger partial charge on any atom is 0.262 e. The summed E-state index contributed by atoms with van der Waals surface area (Å²) in [6, 6.07) is 18.8. The largest absolute Gasteiger partial charge is 0.489 e. The molecule has 1 unspecified atom stereocenters. The summed E-state index contributed by atoms with van der Waals surface area (Å²) in [5, 5.41) is 15.0. The van der Waals surface area contributed by atoms with Crippen LogP contribution in [0.25, 0.3) is 0 Å². The number of carbonyl (C=O) groups is 5. The number of carbonyl (C=O) groups excluding carboxylic acids is 5. The van der Waals surface area contributed by atoms with Crippen LogP contribution >= 0.6 is 23.2 Å². The van der Waals surface area contributed by atoms with Crippen LogP contribution in [0.15, 0.2) is 60.7 Å². The highest BCUT2D eigenvalue weighted by molar-refractivity contribution is 6.31. The third-order valence-electron chi connectivity index (χ3n) is 12.5. The minimum absolute atomic E-state index is 0.0707. The molecule has 5 aliphatic rings. The first-order valence-electron chi connectivity index (χ1n) is 19.5. The summed E-state index contributed by atoms with van der Waals surface area (Å²) in [4.78, 5) is 71.2. The minimum atomic E-state index is -1.00. The van der Waals surface area contributed by atoms with E-state index in [1.807, 2.05) is 24.3 Å². The smallest absolute Gasteiger partial charge is 0.262 e. The van der Waals surface area contributed by atoms with Crippen LogP contribution in [0.1, 0.15) is 77.2 Å². The molecule has 302 valence electrons. The molecule has 0 spiro atoms. The molecule has 3 aromatic rings. The topological polar surface area (TPSA) is 155 Å². The standard InChI is InChI=1S/C43H45Cl2N7O6/c1-41(2)39(42(3,4)40(41)58-29-11-7-26(21-46)32(44)20-29)48-35(54)25-5-8-27(9-6-25)50-17-15-49(16-18-50)22-43(45)23-51(24-43)28-10-12-30-31(19-28)38(57)52(37(30)56)33-13-14-34(53)47-36(33)55/h5-12,19-20,33,39-40H,13-18,22-24H2,1-4H3,(H,48,54)(H,47,53,55)/t33?,39-,40-. The van der Waals surface area contributed by atoms with E-state index in [4.69, 9.17) is 27.9 Å². The zero-order chi connectivity index (χ0) is 41.3. The zero-order valence-corrected chi connectivity index (χ0v) is 34.3. The SMILES string of the molecule is CC1(C)[C@H](NC(=O)c2ccc(N3CCN(CC4(Cl)CN(c5ccc6c(c5)C(=O)N(C5CCC(=O)NC5=O)C6=O)C4)CC3)cc2)C(C)(C)[C@H]1Oc1ccc(C#N)c(Cl)c1. The van der Waals surface area contributed by atoms with Crippen molar-refractivity contribution in [3.05, 3.63) is 87.9 Å². The summed E-state index contributed by atoms with van der Waals surface area (Å²) < 4.78 is 6.37. The fourth-order valence-corrected chi connectivity index (χ4v) is 10.4. The van der Waals surface area contributed by atoms with Gasteiger partial charge in [-0.2, -0.15) is 5.26 Å². The van der Waals surface area contributed by atoms with Crippen molar-refractivity contribution in [1.82, 2.24) is 20.4 Å². The summed E-state index contributed by atoms with van der Waals surface area (Å²) in [6.45, 7) is 13.4.